The topological polar surface area (TPSA) is 54.5 Å². The lowest BCUT2D eigenvalue weighted by atomic mass is 9.87. The predicted molar refractivity (Wildman–Crippen MR) is 129 cm³/mol. The van der Waals surface area contributed by atoms with Gasteiger partial charge in [-0.1, -0.05) is 24.3 Å². The Labute approximate surface area is 194 Å². The quantitative estimate of drug-likeness (QED) is 0.506. The summed E-state index contributed by atoms with van der Waals surface area (Å²) in [4.78, 5) is 20.6. The molecule has 32 heavy (non-hydrogen) atoms. The van der Waals surface area contributed by atoms with E-state index in [0.717, 1.165) is 48.8 Å². The molecule has 0 spiro atoms. The number of piperidine rings is 1. The van der Waals surface area contributed by atoms with Gasteiger partial charge in [-0.25, -0.2) is 0 Å². The maximum Gasteiger partial charge on any atom is 0.261 e. The minimum Gasteiger partial charge on any atom is -0.491 e. The second-order valence-corrected chi connectivity index (χ2v) is 9.55. The summed E-state index contributed by atoms with van der Waals surface area (Å²) in [6, 6.07) is 18.1. The first kappa shape index (κ1) is 22.5. The lowest BCUT2D eigenvalue weighted by molar-refractivity contribution is 0.0892. The van der Waals surface area contributed by atoms with Gasteiger partial charge in [-0.3, -0.25) is 14.7 Å². The van der Waals surface area contributed by atoms with E-state index in [0.29, 0.717) is 5.92 Å². The Hall–Kier alpha value is -2.70. The Balaban J connectivity index is 1.37. The molecule has 1 aliphatic heterocycles. The van der Waals surface area contributed by atoms with Crippen molar-refractivity contribution in [1.29, 1.82) is 0 Å². The van der Waals surface area contributed by atoms with Crippen LogP contribution < -0.4 is 10.1 Å². The largest absolute Gasteiger partial charge is 0.491 e. The van der Waals surface area contributed by atoms with Crippen LogP contribution in [0, 0.1) is 5.92 Å². The molecule has 5 nitrogen and oxygen atoms in total. The molecule has 0 bridgehead atoms. The van der Waals surface area contributed by atoms with Crippen LogP contribution >= 0.6 is 11.3 Å². The zero-order valence-corrected chi connectivity index (χ0v) is 19.6. The fraction of sp³-hybridized carbons (Fsp3) is 0.385. The number of aromatic nitrogens is 1. The number of hydrogen-bond donors (Lipinski definition) is 1. The van der Waals surface area contributed by atoms with Crippen LogP contribution in [0.1, 0.15) is 53.7 Å². The molecule has 168 valence electrons. The van der Waals surface area contributed by atoms with Crippen molar-refractivity contribution in [3.8, 4) is 5.75 Å². The van der Waals surface area contributed by atoms with E-state index in [2.05, 4.69) is 39.5 Å². The number of pyridine rings is 1. The van der Waals surface area contributed by atoms with Crippen molar-refractivity contribution in [2.75, 3.05) is 13.1 Å². The second-order valence-electron chi connectivity index (χ2n) is 8.61. The molecule has 6 heteroatoms. The van der Waals surface area contributed by atoms with Gasteiger partial charge in [-0.15, -0.1) is 11.3 Å². The molecule has 0 aliphatic carbocycles. The van der Waals surface area contributed by atoms with Gasteiger partial charge < -0.3 is 10.1 Å². The SMILES string of the molecule is CC(C)Oc1ccc(CN2CCC([C@H](NC(=O)c3cccs3)c3ccccn3)CC2)cc1. The average molecular weight is 450 g/mol. The molecule has 1 amide bonds. The molecule has 0 saturated carbocycles. The normalized spacial score (nSPS) is 16.1. The highest BCUT2D eigenvalue weighted by Gasteiger charge is 2.30. The van der Waals surface area contributed by atoms with E-state index in [-0.39, 0.29) is 18.1 Å². The van der Waals surface area contributed by atoms with Gasteiger partial charge in [0, 0.05) is 12.7 Å². The summed E-state index contributed by atoms with van der Waals surface area (Å²) >= 11 is 1.47. The average Bonchev–Trinajstić information content (AvgIpc) is 3.35. The van der Waals surface area contributed by atoms with Crippen LogP contribution in [0.5, 0.6) is 5.75 Å². The van der Waals surface area contributed by atoms with E-state index >= 15 is 0 Å². The number of amides is 1. The third-order valence-electron chi connectivity index (χ3n) is 5.84. The van der Waals surface area contributed by atoms with E-state index in [1.54, 1.807) is 6.20 Å². The van der Waals surface area contributed by atoms with E-state index in [4.69, 9.17) is 4.74 Å². The molecule has 0 radical (unpaired) electrons. The number of thiophene rings is 1. The lowest BCUT2D eigenvalue weighted by Gasteiger charge is -2.36. The third kappa shape index (κ3) is 5.96. The summed E-state index contributed by atoms with van der Waals surface area (Å²) < 4.78 is 5.75. The molecular formula is C26H31N3O2S. The number of likely N-dealkylation sites (tertiary alicyclic amines) is 1. The number of carbonyl (C=O) groups excluding carboxylic acids is 1. The number of hydrogen-bond acceptors (Lipinski definition) is 5. The van der Waals surface area contributed by atoms with Gasteiger partial charge >= 0.3 is 0 Å². The number of rotatable bonds is 8. The zero-order valence-electron chi connectivity index (χ0n) is 18.7. The third-order valence-corrected chi connectivity index (χ3v) is 6.71. The molecule has 2 aromatic heterocycles. The molecule has 1 N–H and O–H groups in total. The fourth-order valence-corrected chi connectivity index (χ4v) is 4.89. The summed E-state index contributed by atoms with van der Waals surface area (Å²) in [5.74, 6) is 1.27. The van der Waals surface area contributed by atoms with Crippen LogP contribution in [0.25, 0.3) is 0 Å². The van der Waals surface area contributed by atoms with Gasteiger partial charge in [0.05, 0.1) is 22.7 Å². The van der Waals surface area contributed by atoms with Crippen LogP contribution in [0.4, 0.5) is 0 Å². The molecule has 3 heterocycles. The summed E-state index contributed by atoms with van der Waals surface area (Å²) in [6.07, 6.45) is 4.05. The highest BCUT2D eigenvalue weighted by molar-refractivity contribution is 7.12. The van der Waals surface area contributed by atoms with Crippen molar-refractivity contribution in [2.24, 2.45) is 5.92 Å². The van der Waals surface area contributed by atoms with Crippen LogP contribution in [0.15, 0.2) is 66.2 Å². The van der Waals surface area contributed by atoms with Crippen LogP contribution in [0.3, 0.4) is 0 Å². The molecular weight excluding hydrogens is 418 g/mol. The molecule has 4 rings (SSSR count). The Morgan fingerprint density at radius 3 is 2.53 bits per heavy atom. The van der Waals surface area contributed by atoms with Gasteiger partial charge in [0.2, 0.25) is 0 Å². The van der Waals surface area contributed by atoms with Gasteiger partial charge in [-0.05, 0) is 87.0 Å². The number of nitrogens with one attached hydrogen (secondary N) is 1. The highest BCUT2D eigenvalue weighted by atomic mass is 32.1. The zero-order chi connectivity index (χ0) is 22.3. The molecule has 1 aliphatic rings. The first-order valence-electron chi connectivity index (χ1n) is 11.3. The first-order chi connectivity index (χ1) is 15.6. The van der Waals surface area contributed by atoms with Gasteiger partial charge in [0.1, 0.15) is 5.75 Å². The molecule has 1 fully saturated rings. The Morgan fingerprint density at radius 1 is 1.12 bits per heavy atom. The van der Waals surface area contributed by atoms with Crippen molar-refractivity contribution in [2.45, 2.75) is 45.4 Å². The molecule has 3 aromatic rings. The smallest absolute Gasteiger partial charge is 0.261 e. The maximum atomic E-state index is 12.8. The summed E-state index contributed by atoms with van der Waals surface area (Å²) in [5.41, 5.74) is 2.24. The van der Waals surface area contributed by atoms with Crippen LogP contribution in [0.2, 0.25) is 0 Å². The van der Waals surface area contributed by atoms with Gasteiger partial charge in [-0.2, -0.15) is 0 Å². The van der Waals surface area contributed by atoms with E-state index < -0.39 is 0 Å². The summed E-state index contributed by atoms with van der Waals surface area (Å²) in [7, 11) is 0. The molecule has 1 saturated heterocycles. The summed E-state index contributed by atoms with van der Waals surface area (Å²) in [6.45, 7) is 7.03. The van der Waals surface area contributed by atoms with Crippen molar-refractivity contribution in [3.05, 3.63) is 82.3 Å². The molecule has 1 aromatic carbocycles. The van der Waals surface area contributed by atoms with E-state index in [1.807, 2.05) is 49.6 Å². The molecule has 0 unspecified atom stereocenters. The van der Waals surface area contributed by atoms with E-state index in [9.17, 15) is 4.79 Å². The Kier molecular flexibility index (Phi) is 7.55. The van der Waals surface area contributed by atoms with Crippen LogP contribution in [-0.4, -0.2) is 35.0 Å². The Morgan fingerprint density at radius 2 is 1.91 bits per heavy atom. The minimum atomic E-state index is -0.0691. The monoisotopic (exact) mass is 449 g/mol. The fourth-order valence-electron chi connectivity index (χ4n) is 4.26. The molecule has 1 atom stereocenters. The van der Waals surface area contributed by atoms with E-state index in [1.165, 1.54) is 16.9 Å². The number of ether oxygens (including phenoxy) is 1. The minimum absolute atomic E-state index is 0.0122. The van der Waals surface area contributed by atoms with Crippen molar-refractivity contribution in [1.82, 2.24) is 15.2 Å². The number of carbonyl (C=O) groups is 1. The highest BCUT2D eigenvalue weighted by Crippen LogP contribution is 2.31. The van der Waals surface area contributed by atoms with Gasteiger partial charge in [0.25, 0.3) is 5.91 Å². The first-order valence-corrected chi connectivity index (χ1v) is 12.2. The second kappa shape index (κ2) is 10.7. The van der Waals surface area contributed by atoms with Crippen molar-refractivity contribution < 1.29 is 9.53 Å². The summed E-state index contributed by atoms with van der Waals surface area (Å²) in [5, 5.41) is 5.20. The standard InChI is InChI=1S/C26H31N3O2S/c1-19(2)31-22-10-8-20(9-11-22)18-29-15-12-21(13-16-29)25(23-6-3-4-14-27-23)28-26(30)24-7-5-17-32-24/h3-11,14,17,19,21,25H,12-13,15-16,18H2,1-2H3,(H,28,30)/t25-/m0/s1. The predicted octanol–water partition coefficient (Wildman–Crippen LogP) is 5.31. The van der Waals surface area contributed by atoms with Crippen molar-refractivity contribution in [3.63, 3.8) is 0 Å². The van der Waals surface area contributed by atoms with Crippen molar-refractivity contribution >= 4 is 17.2 Å². The lowest BCUT2D eigenvalue weighted by Crippen LogP contribution is -2.40. The number of nitrogens with zero attached hydrogens (tertiary/aromatic N) is 2. The maximum absolute atomic E-state index is 12.8. The van der Waals surface area contributed by atoms with Crippen LogP contribution in [-0.2, 0) is 6.54 Å². The Bertz CT molecular complexity index is 966. The van der Waals surface area contributed by atoms with Gasteiger partial charge in [0.15, 0.2) is 0 Å². The number of benzene rings is 1.